The number of aliphatic hydroxyl groups is 1. The summed E-state index contributed by atoms with van der Waals surface area (Å²) in [7, 11) is 0. The van der Waals surface area contributed by atoms with Crippen LogP contribution < -0.4 is 4.74 Å². The number of ether oxygens (including phenoxy) is 1. The van der Waals surface area contributed by atoms with Crippen LogP contribution in [-0.2, 0) is 6.61 Å². The summed E-state index contributed by atoms with van der Waals surface area (Å²) in [6.07, 6.45) is 0. The van der Waals surface area contributed by atoms with E-state index in [2.05, 4.69) is 24.9 Å². The van der Waals surface area contributed by atoms with Gasteiger partial charge >= 0.3 is 0 Å². The first-order valence-corrected chi connectivity index (χ1v) is 6.86. The van der Waals surface area contributed by atoms with Crippen LogP contribution in [-0.4, -0.2) is 10.1 Å². The Balaban J connectivity index is 2.37. The molecule has 0 unspecified atom stereocenters. The molecular formula is C17H21NO2. The average Bonchev–Trinajstić information content (AvgIpc) is 2.42. The lowest BCUT2D eigenvalue weighted by Crippen LogP contribution is -1.99. The molecule has 0 bridgehead atoms. The van der Waals surface area contributed by atoms with Gasteiger partial charge in [0.25, 0.3) is 0 Å². The van der Waals surface area contributed by atoms with Crippen molar-refractivity contribution in [3.05, 3.63) is 52.7 Å². The summed E-state index contributed by atoms with van der Waals surface area (Å²) in [5.41, 5.74) is 3.96. The van der Waals surface area contributed by atoms with Gasteiger partial charge in [-0.05, 0) is 48.6 Å². The van der Waals surface area contributed by atoms with E-state index in [1.807, 2.05) is 32.0 Å². The quantitative estimate of drug-likeness (QED) is 0.910. The molecule has 0 amide bonds. The molecule has 2 rings (SSSR count). The van der Waals surface area contributed by atoms with Gasteiger partial charge in [-0.25, -0.2) is 4.98 Å². The van der Waals surface area contributed by atoms with E-state index in [0.29, 0.717) is 11.8 Å². The fourth-order valence-electron chi connectivity index (χ4n) is 1.95. The third kappa shape index (κ3) is 3.36. The third-order valence-electron chi connectivity index (χ3n) is 3.21. The van der Waals surface area contributed by atoms with Crippen LogP contribution in [0.25, 0.3) is 0 Å². The highest BCUT2D eigenvalue weighted by Crippen LogP contribution is 2.27. The zero-order chi connectivity index (χ0) is 14.7. The van der Waals surface area contributed by atoms with Gasteiger partial charge in [-0.3, -0.25) is 0 Å². The molecule has 0 fully saturated rings. The monoisotopic (exact) mass is 271 g/mol. The lowest BCUT2D eigenvalue weighted by Gasteiger charge is -2.12. The van der Waals surface area contributed by atoms with Crippen LogP contribution in [0.2, 0.25) is 0 Å². The van der Waals surface area contributed by atoms with E-state index < -0.39 is 0 Å². The Kier molecular flexibility index (Phi) is 4.40. The number of aliphatic hydroxyl groups excluding tert-OH is 1. The molecule has 20 heavy (non-hydrogen) atoms. The lowest BCUT2D eigenvalue weighted by molar-refractivity contribution is 0.280. The molecule has 1 N–H and O–H groups in total. The molecule has 3 nitrogen and oxygen atoms in total. The molecule has 0 saturated carbocycles. The number of pyridine rings is 1. The number of aryl methyl sites for hydroxylation is 2. The Labute approximate surface area is 120 Å². The zero-order valence-corrected chi connectivity index (χ0v) is 12.5. The Bertz CT molecular complexity index is 606. The second-order valence-corrected chi connectivity index (χ2v) is 5.42. The minimum absolute atomic E-state index is 0.00853. The van der Waals surface area contributed by atoms with Crippen LogP contribution in [0.5, 0.6) is 11.6 Å². The van der Waals surface area contributed by atoms with Crippen molar-refractivity contribution in [1.82, 2.24) is 4.98 Å². The molecule has 106 valence electrons. The number of rotatable bonds is 4. The Morgan fingerprint density at radius 3 is 2.55 bits per heavy atom. The molecule has 1 aromatic heterocycles. The molecule has 0 saturated heterocycles. The van der Waals surface area contributed by atoms with E-state index in [4.69, 9.17) is 4.74 Å². The van der Waals surface area contributed by atoms with E-state index in [1.165, 1.54) is 0 Å². The molecule has 0 aliphatic heterocycles. The Morgan fingerprint density at radius 2 is 1.90 bits per heavy atom. The molecule has 3 heteroatoms. The molecule has 1 aromatic carbocycles. The van der Waals surface area contributed by atoms with Crippen LogP contribution in [0.15, 0.2) is 30.3 Å². The minimum atomic E-state index is -0.00853. The molecule has 0 spiro atoms. The van der Waals surface area contributed by atoms with Crippen LogP contribution in [0.1, 0.15) is 42.1 Å². The molecule has 0 radical (unpaired) electrons. The van der Waals surface area contributed by atoms with Gasteiger partial charge in [0.15, 0.2) is 0 Å². The number of hydrogen-bond acceptors (Lipinski definition) is 3. The second kappa shape index (κ2) is 6.06. The summed E-state index contributed by atoms with van der Waals surface area (Å²) in [6.45, 7) is 8.18. The van der Waals surface area contributed by atoms with Gasteiger partial charge in [0, 0.05) is 11.8 Å². The van der Waals surface area contributed by atoms with Gasteiger partial charge in [-0.15, -0.1) is 0 Å². The summed E-state index contributed by atoms with van der Waals surface area (Å²) < 4.78 is 5.90. The largest absolute Gasteiger partial charge is 0.439 e. The zero-order valence-electron chi connectivity index (χ0n) is 12.5. The van der Waals surface area contributed by atoms with E-state index in [-0.39, 0.29) is 6.61 Å². The Morgan fingerprint density at radius 1 is 1.15 bits per heavy atom. The summed E-state index contributed by atoms with van der Waals surface area (Å²) in [6, 6.07) is 9.79. The van der Waals surface area contributed by atoms with E-state index >= 15 is 0 Å². The topological polar surface area (TPSA) is 42.4 Å². The maximum absolute atomic E-state index is 9.35. The fourth-order valence-corrected chi connectivity index (χ4v) is 1.95. The van der Waals surface area contributed by atoms with Crippen molar-refractivity contribution in [2.45, 2.75) is 40.2 Å². The average molecular weight is 271 g/mol. The highest BCUT2D eigenvalue weighted by Gasteiger charge is 2.09. The van der Waals surface area contributed by atoms with Crippen LogP contribution in [0.3, 0.4) is 0 Å². The van der Waals surface area contributed by atoms with Crippen molar-refractivity contribution in [2.24, 2.45) is 0 Å². The minimum Gasteiger partial charge on any atom is -0.439 e. The summed E-state index contributed by atoms with van der Waals surface area (Å²) in [5, 5.41) is 9.35. The summed E-state index contributed by atoms with van der Waals surface area (Å²) in [5.74, 6) is 1.64. The smallest absolute Gasteiger partial charge is 0.219 e. The standard InChI is InChI=1S/C17H21NO2/c1-11(2)15-8-14(10-19)9-17(18-15)20-16-7-12(3)5-6-13(16)4/h5-9,11,19H,10H2,1-4H3. The first kappa shape index (κ1) is 14.5. The Hall–Kier alpha value is -1.87. The molecule has 0 aliphatic carbocycles. The van der Waals surface area contributed by atoms with E-state index in [0.717, 1.165) is 28.1 Å². The highest BCUT2D eigenvalue weighted by atomic mass is 16.5. The van der Waals surface area contributed by atoms with Crippen molar-refractivity contribution in [1.29, 1.82) is 0 Å². The molecule has 0 aliphatic rings. The van der Waals surface area contributed by atoms with Gasteiger partial charge < -0.3 is 9.84 Å². The first-order chi connectivity index (χ1) is 9.49. The van der Waals surface area contributed by atoms with Crippen LogP contribution in [0, 0.1) is 13.8 Å². The van der Waals surface area contributed by atoms with Crippen LogP contribution >= 0.6 is 0 Å². The van der Waals surface area contributed by atoms with Crippen molar-refractivity contribution >= 4 is 0 Å². The van der Waals surface area contributed by atoms with E-state index in [1.54, 1.807) is 6.07 Å². The maximum atomic E-state index is 9.35. The van der Waals surface area contributed by atoms with Crippen molar-refractivity contribution in [3.8, 4) is 11.6 Å². The molecule has 2 aromatic rings. The fraction of sp³-hybridized carbons (Fsp3) is 0.353. The normalized spacial score (nSPS) is 10.9. The van der Waals surface area contributed by atoms with Gasteiger partial charge in [0.05, 0.1) is 6.61 Å². The summed E-state index contributed by atoms with van der Waals surface area (Å²) in [4.78, 5) is 4.51. The third-order valence-corrected chi connectivity index (χ3v) is 3.21. The molecule has 0 atom stereocenters. The predicted octanol–water partition coefficient (Wildman–Crippen LogP) is 4.11. The number of aromatic nitrogens is 1. The van der Waals surface area contributed by atoms with Crippen molar-refractivity contribution in [2.75, 3.05) is 0 Å². The first-order valence-electron chi connectivity index (χ1n) is 6.86. The van der Waals surface area contributed by atoms with Gasteiger partial charge in [-0.1, -0.05) is 26.0 Å². The van der Waals surface area contributed by atoms with Crippen molar-refractivity contribution in [3.63, 3.8) is 0 Å². The highest BCUT2D eigenvalue weighted by molar-refractivity contribution is 5.39. The SMILES string of the molecule is Cc1ccc(C)c(Oc2cc(CO)cc(C(C)C)n2)c1. The maximum Gasteiger partial charge on any atom is 0.219 e. The van der Waals surface area contributed by atoms with Crippen molar-refractivity contribution < 1.29 is 9.84 Å². The van der Waals surface area contributed by atoms with E-state index in [9.17, 15) is 5.11 Å². The lowest BCUT2D eigenvalue weighted by atomic mass is 10.1. The summed E-state index contributed by atoms with van der Waals surface area (Å²) >= 11 is 0. The van der Waals surface area contributed by atoms with Gasteiger partial charge in [-0.2, -0.15) is 0 Å². The molecular weight excluding hydrogens is 250 g/mol. The number of benzene rings is 1. The van der Waals surface area contributed by atoms with Crippen LogP contribution in [0.4, 0.5) is 0 Å². The predicted molar refractivity (Wildman–Crippen MR) is 80.2 cm³/mol. The number of hydrogen-bond donors (Lipinski definition) is 1. The van der Waals surface area contributed by atoms with Gasteiger partial charge in [0.1, 0.15) is 5.75 Å². The molecule has 1 heterocycles. The number of nitrogens with zero attached hydrogens (tertiary/aromatic N) is 1. The second-order valence-electron chi connectivity index (χ2n) is 5.42. The van der Waals surface area contributed by atoms with Gasteiger partial charge in [0.2, 0.25) is 5.88 Å².